The van der Waals surface area contributed by atoms with E-state index in [9.17, 15) is 14.4 Å². The molecule has 0 spiro atoms. The van der Waals surface area contributed by atoms with E-state index in [-0.39, 0.29) is 24.3 Å². The number of imide groups is 1. The molecule has 1 aliphatic heterocycles. The molecule has 1 aromatic carbocycles. The van der Waals surface area contributed by atoms with Gasteiger partial charge in [-0.3, -0.25) is 19.3 Å². The fraction of sp³-hybridized carbons (Fsp3) is 0.550. The second-order valence-corrected chi connectivity index (χ2v) is 6.58. The zero-order valence-electron chi connectivity index (χ0n) is 15.7. The first-order valence-electron chi connectivity index (χ1n) is 9.36. The summed E-state index contributed by atoms with van der Waals surface area (Å²) >= 11 is 0. The van der Waals surface area contributed by atoms with Crippen LogP contribution in [0.2, 0.25) is 0 Å². The van der Waals surface area contributed by atoms with Crippen molar-refractivity contribution in [1.82, 2.24) is 10.2 Å². The number of nitrogens with one attached hydrogen (secondary N) is 1. The van der Waals surface area contributed by atoms with Gasteiger partial charge in [0, 0.05) is 32.7 Å². The number of aryl methyl sites for hydroxylation is 1. The first kappa shape index (κ1) is 20.1. The fourth-order valence-corrected chi connectivity index (χ4v) is 2.84. The van der Waals surface area contributed by atoms with Gasteiger partial charge in [0.25, 0.3) is 11.8 Å². The zero-order chi connectivity index (χ0) is 18.9. The lowest BCUT2D eigenvalue weighted by molar-refractivity contribution is -0.121. The van der Waals surface area contributed by atoms with Crippen LogP contribution in [0.4, 0.5) is 0 Å². The fourth-order valence-electron chi connectivity index (χ4n) is 2.84. The number of amides is 3. The monoisotopic (exact) mass is 360 g/mol. The Balaban J connectivity index is 1.65. The molecule has 6 heteroatoms. The van der Waals surface area contributed by atoms with Crippen LogP contribution < -0.4 is 5.32 Å². The van der Waals surface area contributed by atoms with E-state index >= 15 is 0 Å². The molecule has 0 atom stereocenters. The first-order chi connectivity index (χ1) is 12.5. The van der Waals surface area contributed by atoms with Gasteiger partial charge >= 0.3 is 0 Å². The van der Waals surface area contributed by atoms with Crippen LogP contribution in [0.5, 0.6) is 0 Å². The summed E-state index contributed by atoms with van der Waals surface area (Å²) in [4.78, 5) is 37.7. The summed E-state index contributed by atoms with van der Waals surface area (Å²) < 4.78 is 5.43. The Morgan fingerprint density at radius 2 is 1.81 bits per heavy atom. The van der Waals surface area contributed by atoms with Gasteiger partial charge in [-0.25, -0.2) is 0 Å². The quantitative estimate of drug-likeness (QED) is 0.486. The van der Waals surface area contributed by atoms with Crippen molar-refractivity contribution in [2.75, 3.05) is 26.3 Å². The topological polar surface area (TPSA) is 75.7 Å². The molecule has 0 aromatic heterocycles. The van der Waals surface area contributed by atoms with Crippen LogP contribution in [-0.2, 0) is 9.53 Å². The van der Waals surface area contributed by atoms with Crippen molar-refractivity contribution >= 4 is 17.7 Å². The highest BCUT2D eigenvalue weighted by molar-refractivity contribution is 6.21. The minimum Gasteiger partial charge on any atom is -0.381 e. The van der Waals surface area contributed by atoms with E-state index in [2.05, 4.69) is 12.2 Å². The van der Waals surface area contributed by atoms with Crippen LogP contribution in [0.25, 0.3) is 0 Å². The van der Waals surface area contributed by atoms with E-state index in [0.29, 0.717) is 37.1 Å². The lowest BCUT2D eigenvalue weighted by Gasteiger charge is -2.13. The van der Waals surface area contributed by atoms with Gasteiger partial charge in [0.1, 0.15) is 0 Å². The first-order valence-corrected chi connectivity index (χ1v) is 9.36. The van der Waals surface area contributed by atoms with E-state index in [1.54, 1.807) is 12.1 Å². The van der Waals surface area contributed by atoms with Crippen molar-refractivity contribution in [3.05, 3.63) is 34.9 Å². The van der Waals surface area contributed by atoms with Gasteiger partial charge in [-0.2, -0.15) is 0 Å². The Labute approximate surface area is 154 Å². The number of hydrogen-bond donors (Lipinski definition) is 1. The van der Waals surface area contributed by atoms with E-state index < -0.39 is 0 Å². The zero-order valence-corrected chi connectivity index (χ0v) is 15.7. The molecule has 0 radical (unpaired) electrons. The third kappa shape index (κ3) is 5.39. The molecule has 2 rings (SSSR count). The molecule has 1 heterocycles. The summed E-state index contributed by atoms with van der Waals surface area (Å²) in [6.45, 7) is 6.27. The van der Waals surface area contributed by atoms with Crippen molar-refractivity contribution in [3.8, 4) is 0 Å². The number of fused-ring (bicyclic) bond motifs is 1. The Morgan fingerprint density at radius 3 is 2.58 bits per heavy atom. The van der Waals surface area contributed by atoms with Gasteiger partial charge in [-0.05, 0) is 38.3 Å². The number of ether oxygens (including phenoxy) is 1. The minimum atomic E-state index is -0.269. The molecule has 0 fully saturated rings. The van der Waals surface area contributed by atoms with Crippen LogP contribution in [-0.4, -0.2) is 48.9 Å². The highest BCUT2D eigenvalue weighted by Gasteiger charge is 2.34. The summed E-state index contributed by atoms with van der Waals surface area (Å²) in [6, 6.07) is 5.26. The average molecular weight is 360 g/mol. The van der Waals surface area contributed by atoms with Gasteiger partial charge in [-0.15, -0.1) is 0 Å². The standard InChI is InChI=1S/C20H28N2O4/c1-3-4-12-26-13-6-10-21-18(23)7-5-11-22-19(24)16-9-8-15(2)14-17(16)20(22)25/h8-9,14H,3-7,10-13H2,1-2H3,(H,21,23). The SMILES string of the molecule is CCCCOCCCNC(=O)CCCN1C(=O)c2ccc(C)cc2C1=O. The van der Waals surface area contributed by atoms with Crippen molar-refractivity contribution in [1.29, 1.82) is 0 Å². The maximum absolute atomic E-state index is 12.3. The van der Waals surface area contributed by atoms with Gasteiger partial charge < -0.3 is 10.1 Å². The minimum absolute atomic E-state index is 0.0639. The number of carbonyl (C=O) groups excluding carboxylic acids is 3. The molecule has 0 unspecified atom stereocenters. The lowest BCUT2D eigenvalue weighted by atomic mass is 10.1. The number of nitrogens with zero attached hydrogens (tertiary/aromatic N) is 1. The molecule has 26 heavy (non-hydrogen) atoms. The second-order valence-electron chi connectivity index (χ2n) is 6.58. The lowest BCUT2D eigenvalue weighted by Crippen LogP contribution is -2.32. The van der Waals surface area contributed by atoms with Crippen molar-refractivity contribution in [2.45, 2.75) is 46.0 Å². The van der Waals surface area contributed by atoms with Crippen LogP contribution >= 0.6 is 0 Å². The Kier molecular flexibility index (Phi) is 7.78. The third-order valence-electron chi connectivity index (χ3n) is 4.34. The molecule has 0 saturated carbocycles. The van der Waals surface area contributed by atoms with Crippen molar-refractivity contribution in [2.24, 2.45) is 0 Å². The molecular formula is C20H28N2O4. The molecular weight excluding hydrogens is 332 g/mol. The Morgan fingerprint density at radius 1 is 1.08 bits per heavy atom. The molecule has 0 bridgehead atoms. The van der Waals surface area contributed by atoms with E-state index in [1.165, 1.54) is 4.90 Å². The Hall–Kier alpha value is -2.21. The van der Waals surface area contributed by atoms with Gasteiger partial charge in [0.05, 0.1) is 11.1 Å². The number of unbranched alkanes of at least 4 members (excludes halogenated alkanes) is 1. The summed E-state index contributed by atoms with van der Waals surface area (Å²) in [5.41, 5.74) is 1.86. The molecule has 1 N–H and O–H groups in total. The number of benzene rings is 1. The summed E-state index contributed by atoms with van der Waals surface area (Å²) in [7, 11) is 0. The van der Waals surface area contributed by atoms with Crippen molar-refractivity contribution < 1.29 is 19.1 Å². The van der Waals surface area contributed by atoms with E-state index in [0.717, 1.165) is 31.4 Å². The maximum atomic E-state index is 12.3. The largest absolute Gasteiger partial charge is 0.381 e. The van der Waals surface area contributed by atoms with Gasteiger partial charge in [-0.1, -0.05) is 25.0 Å². The third-order valence-corrected chi connectivity index (χ3v) is 4.34. The van der Waals surface area contributed by atoms with Crippen LogP contribution in [0, 0.1) is 6.92 Å². The van der Waals surface area contributed by atoms with E-state index in [1.807, 2.05) is 13.0 Å². The molecule has 0 saturated heterocycles. The number of rotatable bonds is 11. The van der Waals surface area contributed by atoms with Crippen LogP contribution in [0.1, 0.15) is 65.3 Å². The van der Waals surface area contributed by atoms with Crippen LogP contribution in [0.3, 0.4) is 0 Å². The highest BCUT2D eigenvalue weighted by Crippen LogP contribution is 2.24. The maximum Gasteiger partial charge on any atom is 0.261 e. The van der Waals surface area contributed by atoms with Crippen molar-refractivity contribution in [3.63, 3.8) is 0 Å². The Bertz CT molecular complexity index is 657. The van der Waals surface area contributed by atoms with E-state index in [4.69, 9.17) is 4.74 Å². The summed E-state index contributed by atoms with van der Waals surface area (Å²) in [5.74, 6) is -0.598. The molecule has 142 valence electrons. The second kappa shape index (κ2) is 10.1. The molecule has 6 nitrogen and oxygen atoms in total. The van der Waals surface area contributed by atoms with Crippen LogP contribution in [0.15, 0.2) is 18.2 Å². The normalized spacial score (nSPS) is 13.2. The molecule has 1 aliphatic rings. The summed E-state index contributed by atoms with van der Waals surface area (Å²) in [5, 5.41) is 2.84. The molecule has 1 aromatic rings. The predicted molar refractivity (Wildman–Crippen MR) is 99.1 cm³/mol. The highest BCUT2D eigenvalue weighted by atomic mass is 16.5. The predicted octanol–water partition coefficient (Wildman–Crippen LogP) is 2.69. The molecule has 0 aliphatic carbocycles. The number of carbonyl (C=O) groups is 3. The average Bonchev–Trinajstić information content (AvgIpc) is 2.85. The number of hydrogen-bond acceptors (Lipinski definition) is 4. The molecule has 3 amide bonds. The van der Waals surface area contributed by atoms with Gasteiger partial charge in [0.15, 0.2) is 0 Å². The smallest absolute Gasteiger partial charge is 0.261 e. The van der Waals surface area contributed by atoms with Gasteiger partial charge in [0.2, 0.25) is 5.91 Å². The summed E-state index contributed by atoms with van der Waals surface area (Å²) in [6.07, 6.45) is 3.72.